The summed E-state index contributed by atoms with van der Waals surface area (Å²) < 4.78 is 15.4. The first-order valence-electron chi connectivity index (χ1n) is 6.10. The van der Waals surface area contributed by atoms with Gasteiger partial charge < -0.3 is 15.2 Å². The SMILES string of the molecule is CN(Cc1cc(Cl)cn1C)C(=O)c1cc(Cl)cc(F)c1N. The van der Waals surface area contributed by atoms with E-state index < -0.39 is 11.7 Å². The first kappa shape index (κ1) is 15.7. The molecular formula is C14H14Cl2FN3O. The summed E-state index contributed by atoms with van der Waals surface area (Å²) in [6.07, 6.45) is 1.74. The third kappa shape index (κ3) is 3.31. The van der Waals surface area contributed by atoms with Gasteiger partial charge in [-0.05, 0) is 18.2 Å². The molecule has 1 heterocycles. The summed E-state index contributed by atoms with van der Waals surface area (Å²) in [7, 11) is 3.43. The lowest BCUT2D eigenvalue weighted by Gasteiger charge is -2.19. The van der Waals surface area contributed by atoms with Crippen molar-refractivity contribution in [1.29, 1.82) is 0 Å². The van der Waals surface area contributed by atoms with Crippen molar-refractivity contribution in [3.63, 3.8) is 0 Å². The van der Waals surface area contributed by atoms with E-state index in [4.69, 9.17) is 28.9 Å². The van der Waals surface area contributed by atoms with Gasteiger partial charge in [-0.2, -0.15) is 0 Å². The fourth-order valence-electron chi connectivity index (χ4n) is 2.01. The first-order valence-corrected chi connectivity index (χ1v) is 6.86. The van der Waals surface area contributed by atoms with E-state index in [1.807, 2.05) is 11.6 Å². The van der Waals surface area contributed by atoms with Crippen molar-refractivity contribution in [3.05, 3.63) is 51.5 Å². The van der Waals surface area contributed by atoms with Crippen molar-refractivity contribution in [1.82, 2.24) is 9.47 Å². The molecule has 2 rings (SSSR count). The molecule has 0 aliphatic carbocycles. The summed E-state index contributed by atoms with van der Waals surface area (Å²) in [6.45, 7) is 0.315. The van der Waals surface area contributed by atoms with Crippen molar-refractivity contribution in [2.75, 3.05) is 12.8 Å². The molecule has 0 spiro atoms. The Morgan fingerprint density at radius 2 is 2.00 bits per heavy atom. The van der Waals surface area contributed by atoms with Crippen LogP contribution in [0.1, 0.15) is 16.1 Å². The van der Waals surface area contributed by atoms with Crippen LogP contribution in [-0.4, -0.2) is 22.4 Å². The Morgan fingerprint density at radius 1 is 1.33 bits per heavy atom. The van der Waals surface area contributed by atoms with Gasteiger partial charge in [0.25, 0.3) is 5.91 Å². The first-order chi connectivity index (χ1) is 9.79. The third-order valence-corrected chi connectivity index (χ3v) is 3.57. The van der Waals surface area contributed by atoms with E-state index in [-0.39, 0.29) is 16.3 Å². The molecule has 2 aromatic rings. The van der Waals surface area contributed by atoms with Crippen LogP contribution in [0.3, 0.4) is 0 Å². The maximum Gasteiger partial charge on any atom is 0.256 e. The monoisotopic (exact) mass is 329 g/mol. The zero-order valence-corrected chi connectivity index (χ0v) is 13.0. The van der Waals surface area contributed by atoms with E-state index in [0.717, 1.165) is 11.8 Å². The lowest BCUT2D eigenvalue weighted by atomic mass is 10.1. The van der Waals surface area contributed by atoms with Crippen LogP contribution in [0, 0.1) is 5.82 Å². The molecule has 0 unspecified atom stereocenters. The number of halogens is 3. The number of carbonyl (C=O) groups is 1. The zero-order chi connectivity index (χ0) is 15.7. The number of hydrogen-bond acceptors (Lipinski definition) is 2. The highest BCUT2D eigenvalue weighted by Gasteiger charge is 2.19. The summed E-state index contributed by atoms with van der Waals surface area (Å²) in [4.78, 5) is 13.8. The number of carbonyl (C=O) groups excluding carboxylic acids is 1. The number of nitrogen functional groups attached to an aromatic ring is 1. The number of aryl methyl sites for hydroxylation is 1. The highest BCUT2D eigenvalue weighted by molar-refractivity contribution is 6.31. The van der Waals surface area contributed by atoms with Crippen LogP contribution in [0.2, 0.25) is 10.0 Å². The zero-order valence-electron chi connectivity index (χ0n) is 11.5. The molecule has 0 aliphatic rings. The molecule has 4 nitrogen and oxygen atoms in total. The van der Waals surface area contributed by atoms with Crippen LogP contribution in [-0.2, 0) is 13.6 Å². The predicted molar refractivity (Wildman–Crippen MR) is 82.0 cm³/mol. The van der Waals surface area contributed by atoms with E-state index >= 15 is 0 Å². The quantitative estimate of drug-likeness (QED) is 0.878. The van der Waals surface area contributed by atoms with Gasteiger partial charge in [0.1, 0.15) is 5.82 Å². The second kappa shape index (κ2) is 5.95. The van der Waals surface area contributed by atoms with E-state index in [9.17, 15) is 9.18 Å². The Bertz CT molecular complexity index is 700. The predicted octanol–water partition coefficient (Wildman–Crippen LogP) is 3.33. The molecule has 0 aliphatic heterocycles. The number of nitrogens with zero attached hydrogens (tertiary/aromatic N) is 2. The number of anilines is 1. The number of rotatable bonds is 3. The molecular weight excluding hydrogens is 316 g/mol. The second-order valence-electron chi connectivity index (χ2n) is 4.77. The fraction of sp³-hybridized carbons (Fsp3) is 0.214. The fourth-order valence-corrected chi connectivity index (χ4v) is 2.48. The Kier molecular flexibility index (Phi) is 4.44. The van der Waals surface area contributed by atoms with Gasteiger partial charge in [0.2, 0.25) is 0 Å². The van der Waals surface area contributed by atoms with Gasteiger partial charge in [-0.25, -0.2) is 4.39 Å². The average Bonchev–Trinajstić information content (AvgIpc) is 2.71. The summed E-state index contributed by atoms with van der Waals surface area (Å²) in [5.41, 5.74) is 6.29. The average molecular weight is 330 g/mol. The maximum atomic E-state index is 13.6. The summed E-state index contributed by atoms with van der Waals surface area (Å²) >= 11 is 11.7. The van der Waals surface area contributed by atoms with E-state index in [1.165, 1.54) is 11.0 Å². The van der Waals surface area contributed by atoms with Crippen LogP contribution in [0.4, 0.5) is 10.1 Å². The van der Waals surface area contributed by atoms with Gasteiger partial charge in [0.15, 0.2) is 0 Å². The van der Waals surface area contributed by atoms with Gasteiger partial charge in [-0.15, -0.1) is 0 Å². The number of aromatic nitrogens is 1. The largest absolute Gasteiger partial charge is 0.396 e. The molecule has 21 heavy (non-hydrogen) atoms. The van der Waals surface area contributed by atoms with Crippen molar-refractivity contribution in [2.24, 2.45) is 7.05 Å². The molecule has 2 N–H and O–H groups in total. The lowest BCUT2D eigenvalue weighted by molar-refractivity contribution is 0.0783. The van der Waals surface area contributed by atoms with Crippen molar-refractivity contribution < 1.29 is 9.18 Å². The van der Waals surface area contributed by atoms with Crippen LogP contribution in [0.25, 0.3) is 0 Å². The van der Waals surface area contributed by atoms with Gasteiger partial charge in [-0.3, -0.25) is 4.79 Å². The van der Waals surface area contributed by atoms with Crippen molar-refractivity contribution >= 4 is 34.8 Å². The van der Waals surface area contributed by atoms with Crippen LogP contribution < -0.4 is 5.73 Å². The molecule has 1 amide bonds. The van der Waals surface area contributed by atoms with Gasteiger partial charge >= 0.3 is 0 Å². The minimum atomic E-state index is -0.707. The molecule has 0 bridgehead atoms. The Labute approximate surface area is 131 Å². The molecule has 0 saturated heterocycles. The number of hydrogen-bond donors (Lipinski definition) is 1. The maximum absolute atomic E-state index is 13.6. The van der Waals surface area contributed by atoms with Gasteiger partial charge in [0, 0.05) is 31.0 Å². The molecule has 0 fully saturated rings. The summed E-state index contributed by atoms with van der Waals surface area (Å²) in [6, 6.07) is 4.19. The normalized spacial score (nSPS) is 10.7. The van der Waals surface area contributed by atoms with E-state index in [0.29, 0.717) is 11.6 Å². The number of amides is 1. The second-order valence-corrected chi connectivity index (χ2v) is 5.64. The number of benzene rings is 1. The van der Waals surface area contributed by atoms with Crippen LogP contribution in [0.5, 0.6) is 0 Å². The molecule has 7 heteroatoms. The summed E-state index contributed by atoms with van der Waals surface area (Å²) in [5.74, 6) is -1.12. The van der Waals surface area contributed by atoms with Crippen LogP contribution in [0.15, 0.2) is 24.4 Å². The summed E-state index contributed by atoms with van der Waals surface area (Å²) in [5, 5.41) is 0.710. The number of nitrogens with two attached hydrogens (primary N) is 1. The van der Waals surface area contributed by atoms with Crippen LogP contribution >= 0.6 is 23.2 Å². The van der Waals surface area contributed by atoms with E-state index in [1.54, 1.807) is 19.3 Å². The van der Waals surface area contributed by atoms with Gasteiger partial charge in [-0.1, -0.05) is 23.2 Å². The molecule has 0 radical (unpaired) electrons. The van der Waals surface area contributed by atoms with Crippen molar-refractivity contribution in [2.45, 2.75) is 6.54 Å². The smallest absolute Gasteiger partial charge is 0.256 e. The molecule has 112 valence electrons. The Balaban J connectivity index is 2.26. The molecule has 1 aromatic carbocycles. The van der Waals surface area contributed by atoms with Gasteiger partial charge in [0.05, 0.1) is 22.8 Å². The lowest BCUT2D eigenvalue weighted by Crippen LogP contribution is -2.28. The van der Waals surface area contributed by atoms with Crippen molar-refractivity contribution in [3.8, 4) is 0 Å². The topological polar surface area (TPSA) is 51.3 Å². The highest BCUT2D eigenvalue weighted by atomic mass is 35.5. The molecule has 0 saturated carbocycles. The third-order valence-electron chi connectivity index (χ3n) is 3.15. The molecule has 1 aromatic heterocycles. The highest BCUT2D eigenvalue weighted by Crippen LogP contribution is 2.24. The standard InChI is InChI=1S/C14H14Cl2FN3O/c1-19-6-9(16)3-10(19)7-20(2)14(21)11-4-8(15)5-12(17)13(11)18/h3-6H,7,18H2,1-2H3. The minimum Gasteiger partial charge on any atom is -0.396 e. The Hall–Kier alpha value is -1.72. The minimum absolute atomic E-state index is 0.0443. The van der Waals surface area contributed by atoms with E-state index in [2.05, 4.69) is 0 Å². The molecule has 0 atom stereocenters. The Morgan fingerprint density at radius 3 is 2.57 bits per heavy atom.